The van der Waals surface area contributed by atoms with Gasteiger partial charge in [0.05, 0.1) is 6.42 Å². The van der Waals surface area contributed by atoms with Crippen LogP contribution in [0.5, 0.6) is 0 Å². The van der Waals surface area contributed by atoms with Gasteiger partial charge in [-0.25, -0.2) is 4.98 Å². The fourth-order valence-electron chi connectivity index (χ4n) is 1.68. The predicted molar refractivity (Wildman–Crippen MR) is 66.0 cm³/mol. The number of halogens is 3. The number of carbonyl (C=O) groups is 1. The first-order chi connectivity index (χ1) is 9.44. The summed E-state index contributed by atoms with van der Waals surface area (Å²) < 4.78 is 41.2. The molecule has 1 amide bonds. The molecule has 2 rings (SSSR count). The molecule has 0 fully saturated rings. The van der Waals surface area contributed by atoms with Gasteiger partial charge < -0.3 is 9.73 Å². The maximum absolute atomic E-state index is 11.9. The number of carbonyl (C=O) groups excluding carboxylic acids is 1. The lowest BCUT2D eigenvalue weighted by molar-refractivity contribution is -0.144. The summed E-state index contributed by atoms with van der Waals surface area (Å²) in [5.74, 6) is -0.180. The Morgan fingerprint density at radius 1 is 1.30 bits per heavy atom. The summed E-state index contributed by atoms with van der Waals surface area (Å²) >= 11 is 0. The molecule has 0 aliphatic heterocycles. The van der Waals surface area contributed by atoms with E-state index in [0.29, 0.717) is 23.4 Å². The second-order valence-electron chi connectivity index (χ2n) is 4.29. The third kappa shape index (κ3) is 4.25. The van der Waals surface area contributed by atoms with Gasteiger partial charge in [-0.15, -0.1) is 0 Å². The van der Waals surface area contributed by atoms with Gasteiger partial charge >= 0.3 is 6.18 Å². The molecule has 0 spiro atoms. The van der Waals surface area contributed by atoms with Gasteiger partial charge in [0.15, 0.2) is 11.5 Å². The molecule has 0 aliphatic carbocycles. The van der Waals surface area contributed by atoms with Crippen LogP contribution >= 0.6 is 0 Å². The van der Waals surface area contributed by atoms with Gasteiger partial charge in [0, 0.05) is 19.4 Å². The third-order valence-corrected chi connectivity index (χ3v) is 2.63. The van der Waals surface area contributed by atoms with E-state index in [2.05, 4.69) is 10.3 Å². The van der Waals surface area contributed by atoms with Crippen molar-refractivity contribution in [3.8, 4) is 0 Å². The number of nitrogens with zero attached hydrogens (tertiary/aromatic N) is 1. The number of hydrogen-bond donors (Lipinski definition) is 1. The van der Waals surface area contributed by atoms with E-state index < -0.39 is 24.9 Å². The number of fused-ring (bicyclic) bond motifs is 1. The summed E-state index contributed by atoms with van der Waals surface area (Å²) in [6.07, 6.45) is -5.64. The molecule has 4 nitrogen and oxygen atoms in total. The quantitative estimate of drug-likeness (QED) is 0.919. The number of aromatic nitrogens is 1. The monoisotopic (exact) mass is 286 g/mol. The average molecular weight is 286 g/mol. The van der Waals surface area contributed by atoms with Gasteiger partial charge in [0.25, 0.3) is 0 Å². The molecular formula is C13H13F3N2O2. The summed E-state index contributed by atoms with van der Waals surface area (Å²) in [4.78, 5) is 15.4. The van der Waals surface area contributed by atoms with Gasteiger partial charge in [0.1, 0.15) is 5.52 Å². The lowest BCUT2D eigenvalue weighted by Gasteiger charge is -2.06. The van der Waals surface area contributed by atoms with Crippen molar-refractivity contribution in [2.45, 2.75) is 25.4 Å². The molecule has 1 aromatic heterocycles. The molecule has 0 atom stereocenters. The van der Waals surface area contributed by atoms with Crippen LogP contribution in [0.15, 0.2) is 28.7 Å². The van der Waals surface area contributed by atoms with E-state index in [1.165, 1.54) is 0 Å². The fraction of sp³-hybridized carbons (Fsp3) is 0.385. The summed E-state index contributed by atoms with van der Waals surface area (Å²) in [6.45, 7) is 0.198. The summed E-state index contributed by atoms with van der Waals surface area (Å²) in [6, 6.07) is 7.21. The largest absolute Gasteiger partial charge is 0.441 e. The van der Waals surface area contributed by atoms with E-state index in [9.17, 15) is 18.0 Å². The Kier molecular flexibility index (Phi) is 4.26. The molecule has 1 N–H and O–H groups in total. The van der Waals surface area contributed by atoms with Gasteiger partial charge in [0.2, 0.25) is 5.91 Å². The van der Waals surface area contributed by atoms with Crippen molar-refractivity contribution in [2.75, 3.05) is 6.54 Å². The normalized spacial score (nSPS) is 11.8. The van der Waals surface area contributed by atoms with Crippen LogP contribution in [0.1, 0.15) is 18.7 Å². The van der Waals surface area contributed by atoms with Crippen LogP contribution < -0.4 is 5.32 Å². The van der Waals surface area contributed by atoms with Crippen molar-refractivity contribution in [3.63, 3.8) is 0 Å². The van der Waals surface area contributed by atoms with E-state index in [0.717, 1.165) is 0 Å². The molecule has 7 heteroatoms. The maximum atomic E-state index is 11.9. The highest BCUT2D eigenvalue weighted by atomic mass is 19.4. The number of nitrogens with one attached hydrogen (secondary N) is 1. The third-order valence-electron chi connectivity index (χ3n) is 2.63. The zero-order valence-corrected chi connectivity index (χ0v) is 10.5. The van der Waals surface area contributed by atoms with Gasteiger partial charge in [-0.1, -0.05) is 12.1 Å². The number of hydrogen-bond acceptors (Lipinski definition) is 3. The van der Waals surface area contributed by atoms with Crippen LogP contribution in [0.2, 0.25) is 0 Å². The van der Waals surface area contributed by atoms with Gasteiger partial charge in [-0.3, -0.25) is 4.79 Å². The van der Waals surface area contributed by atoms with Crippen molar-refractivity contribution in [1.82, 2.24) is 10.3 Å². The van der Waals surface area contributed by atoms with Crippen LogP contribution in [0.3, 0.4) is 0 Å². The maximum Gasteiger partial charge on any atom is 0.389 e. The highest BCUT2D eigenvalue weighted by Gasteiger charge is 2.27. The highest BCUT2D eigenvalue weighted by molar-refractivity contribution is 5.76. The molecule has 0 saturated heterocycles. The Labute approximate surface area is 113 Å². The lowest BCUT2D eigenvalue weighted by atomic mass is 10.3. The fourth-order valence-corrected chi connectivity index (χ4v) is 1.68. The number of alkyl halides is 3. The molecular weight excluding hydrogens is 273 g/mol. The van der Waals surface area contributed by atoms with Gasteiger partial charge in [-0.05, 0) is 12.1 Å². The first-order valence-corrected chi connectivity index (χ1v) is 6.12. The minimum absolute atomic E-state index is 0.198. The molecule has 0 bridgehead atoms. The van der Waals surface area contributed by atoms with E-state index in [-0.39, 0.29) is 6.54 Å². The minimum Gasteiger partial charge on any atom is -0.441 e. The minimum atomic E-state index is -4.31. The second-order valence-corrected chi connectivity index (χ2v) is 4.29. The van der Waals surface area contributed by atoms with Crippen molar-refractivity contribution >= 4 is 17.0 Å². The summed E-state index contributed by atoms with van der Waals surface area (Å²) in [5, 5.41) is 2.41. The van der Waals surface area contributed by atoms with Crippen LogP contribution in [-0.2, 0) is 11.2 Å². The number of rotatable bonds is 5. The van der Waals surface area contributed by atoms with E-state index in [1.807, 2.05) is 12.1 Å². The predicted octanol–water partition coefficient (Wildman–Crippen LogP) is 2.83. The zero-order chi connectivity index (χ0) is 14.6. The van der Waals surface area contributed by atoms with Crippen molar-refractivity contribution in [3.05, 3.63) is 30.2 Å². The smallest absolute Gasteiger partial charge is 0.389 e. The Morgan fingerprint density at radius 3 is 2.75 bits per heavy atom. The first kappa shape index (κ1) is 14.4. The summed E-state index contributed by atoms with van der Waals surface area (Å²) in [5.41, 5.74) is 1.36. The molecule has 1 aromatic carbocycles. The van der Waals surface area contributed by atoms with Crippen molar-refractivity contribution < 1.29 is 22.4 Å². The number of oxazole rings is 1. The number of amides is 1. The van der Waals surface area contributed by atoms with E-state index in [4.69, 9.17) is 4.42 Å². The van der Waals surface area contributed by atoms with Crippen molar-refractivity contribution in [1.29, 1.82) is 0 Å². The molecule has 2 aromatic rings. The molecule has 0 saturated carbocycles. The Hall–Kier alpha value is -2.05. The average Bonchev–Trinajstić information content (AvgIpc) is 2.78. The molecule has 1 heterocycles. The Bertz CT molecular complexity index is 560. The standard InChI is InChI=1S/C13H13F3N2O2/c14-13(15,16)7-5-11(19)17-8-6-12-18-9-3-1-2-4-10(9)20-12/h1-4H,5-8H2,(H,17,19). The highest BCUT2D eigenvalue weighted by Crippen LogP contribution is 2.21. The second kappa shape index (κ2) is 5.94. The molecule has 0 radical (unpaired) electrons. The zero-order valence-electron chi connectivity index (χ0n) is 10.5. The lowest BCUT2D eigenvalue weighted by Crippen LogP contribution is -2.27. The van der Waals surface area contributed by atoms with E-state index >= 15 is 0 Å². The van der Waals surface area contributed by atoms with Gasteiger partial charge in [-0.2, -0.15) is 13.2 Å². The molecule has 108 valence electrons. The van der Waals surface area contributed by atoms with Crippen molar-refractivity contribution in [2.24, 2.45) is 0 Å². The SMILES string of the molecule is O=C(CCC(F)(F)F)NCCc1nc2ccccc2o1. The summed E-state index contributed by atoms with van der Waals surface area (Å²) in [7, 11) is 0. The number of para-hydroxylation sites is 2. The molecule has 20 heavy (non-hydrogen) atoms. The van der Waals surface area contributed by atoms with E-state index in [1.54, 1.807) is 12.1 Å². The molecule has 0 unspecified atom stereocenters. The first-order valence-electron chi connectivity index (χ1n) is 6.12. The van der Waals surface area contributed by atoms with Crippen LogP contribution in [0.4, 0.5) is 13.2 Å². The molecule has 0 aliphatic rings. The Morgan fingerprint density at radius 2 is 2.05 bits per heavy atom. The van der Waals surface area contributed by atoms with Crippen LogP contribution in [-0.4, -0.2) is 23.6 Å². The van der Waals surface area contributed by atoms with Crippen LogP contribution in [0, 0.1) is 0 Å². The number of benzene rings is 1. The topological polar surface area (TPSA) is 55.1 Å². The van der Waals surface area contributed by atoms with Crippen LogP contribution in [0.25, 0.3) is 11.1 Å². The Balaban J connectivity index is 1.76.